The van der Waals surface area contributed by atoms with E-state index in [0.717, 1.165) is 17.7 Å². The minimum atomic E-state index is -0.269. The van der Waals surface area contributed by atoms with Crippen LogP contribution >= 0.6 is 0 Å². The van der Waals surface area contributed by atoms with E-state index in [1.54, 1.807) is 0 Å². The molecule has 126 valence electrons. The average molecular weight is 317 g/mol. The largest absolute Gasteiger partial charge is 0.494 e. The molecule has 0 radical (unpaired) electrons. The van der Waals surface area contributed by atoms with E-state index in [2.05, 4.69) is 16.7 Å². The Morgan fingerprint density at radius 1 is 1.39 bits per heavy atom. The van der Waals surface area contributed by atoms with Crippen molar-refractivity contribution >= 4 is 5.91 Å². The number of amides is 1. The number of hydrogen-bond acceptors (Lipinski definition) is 4. The lowest BCUT2D eigenvalue weighted by molar-refractivity contribution is -0.124. The summed E-state index contributed by atoms with van der Waals surface area (Å²) in [4.78, 5) is 12.0. The summed E-state index contributed by atoms with van der Waals surface area (Å²) in [6, 6.07) is 9.59. The summed E-state index contributed by atoms with van der Waals surface area (Å²) in [5.41, 5.74) is 0.822. The maximum absolute atomic E-state index is 12.0. The van der Waals surface area contributed by atoms with Crippen molar-refractivity contribution in [3.63, 3.8) is 0 Å². The van der Waals surface area contributed by atoms with Gasteiger partial charge in [0.2, 0.25) is 5.91 Å². The number of unbranched alkanes of at least 4 members (excludes halogenated alkanes) is 1. The van der Waals surface area contributed by atoms with Gasteiger partial charge in [-0.3, -0.25) is 4.79 Å². The minimum Gasteiger partial charge on any atom is -0.494 e. The van der Waals surface area contributed by atoms with E-state index in [4.69, 9.17) is 10.00 Å². The molecule has 0 saturated carbocycles. The van der Waals surface area contributed by atoms with E-state index in [-0.39, 0.29) is 17.5 Å². The third-order valence-corrected chi connectivity index (χ3v) is 3.10. The molecule has 1 amide bonds. The molecule has 1 aromatic rings. The summed E-state index contributed by atoms with van der Waals surface area (Å²) in [5.74, 6) is 0.774. The zero-order valence-corrected chi connectivity index (χ0v) is 14.5. The van der Waals surface area contributed by atoms with Crippen molar-refractivity contribution in [2.24, 2.45) is 0 Å². The van der Waals surface area contributed by atoms with Gasteiger partial charge >= 0.3 is 0 Å². The predicted molar refractivity (Wildman–Crippen MR) is 91.0 cm³/mol. The van der Waals surface area contributed by atoms with Gasteiger partial charge < -0.3 is 15.4 Å². The second-order valence-corrected chi connectivity index (χ2v) is 6.60. The maximum Gasteiger partial charge on any atom is 0.237 e. The van der Waals surface area contributed by atoms with Crippen LogP contribution in [0.2, 0.25) is 0 Å². The number of rotatable bonds is 8. The molecule has 1 rings (SSSR count). The smallest absolute Gasteiger partial charge is 0.237 e. The van der Waals surface area contributed by atoms with Gasteiger partial charge in [0.15, 0.2) is 0 Å². The first kappa shape index (κ1) is 19.0. The number of nitriles is 1. The lowest BCUT2D eigenvalue weighted by Gasteiger charge is -2.23. The Bertz CT molecular complexity index is 544. The van der Waals surface area contributed by atoms with Crippen LogP contribution in [0.4, 0.5) is 0 Å². The van der Waals surface area contributed by atoms with E-state index in [9.17, 15) is 4.79 Å². The van der Waals surface area contributed by atoms with Crippen LogP contribution in [0, 0.1) is 11.3 Å². The number of carbonyl (C=O) groups excluding carboxylic acids is 1. The first-order chi connectivity index (χ1) is 10.8. The summed E-state index contributed by atoms with van der Waals surface area (Å²) >= 11 is 0. The van der Waals surface area contributed by atoms with Gasteiger partial charge in [-0.05, 0) is 51.8 Å². The van der Waals surface area contributed by atoms with Gasteiger partial charge in [-0.25, -0.2) is 0 Å². The highest BCUT2D eigenvalue weighted by Crippen LogP contribution is 2.14. The van der Waals surface area contributed by atoms with Crippen LogP contribution in [0.25, 0.3) is 0 Å². The van der Waals surface area contributed by atoms with Crippen molar-refractivity contribution in [1.29, 1.82) is 5.26 Å². The molecule has 1 atom stereocenters. The van der Waals surface area contributed by atoms with Crippen molar-refractivity contribution < 1.29 is 9.53 Å². The SMILES string of the molecule is CC(NCc1cccc(OCCCC#N)c1)C(=O)NC(C)(C)C. The molecule has 23 heavy (non-hydrogen) atoms. The quantitative estimate of drug-likeness (QED) is 0.723. The minimum absolute atomic E-state index is 0.0126. The van der Waals surface area contributed by atoms with Crippen LogP contribution in [0.15, 0.2) is 24.3 Å². The fourth-order valence-electron chi connectivity index (χ4n) is 1.93. The monoisotopic (exact) mass is 317 g/mol. The molecule has 5 heteroatoms. The molecule has 0 aliphatic rings. The van der Waals surface area contributed by atoms with E-state index in [0.29, 0.717) is 19.6 Å². The highest BCUT2D eigenvalue weighted by Gasteiger charge is 2.18. The molecule has 5 nitrogen and oxygen atoms in total. The molecular weight excluding hydrogens is 290 g/mol. The fraction of sp³-hybridized carbons (Fsp3) is 0.556. The van der Waals surface area contributed by atoms with Gasteiger partial charge in [0, 0.05) is 18.5 Å². The van der Waals surface area contributed by atoms with Crippen molar-refractivity contribution in [1.82, 2.24) is 10.6 Å². The second-order valence-electron chi connectivity index (χ2n) is 6.60. The van der Waals surface area contributed by atoms with Gasteiger partial charge in [0.05, 0.1) is 18.7 Å². The van der Waals surface area contributed by atoms with Crippen LogP contribution in [0.1, 0.15) is 46.1 Å². The Kier molecular flexibility index (Phi) is 7.56. The number of ether oxygens (including phenoxy) is 1. The zero-order chi connectivity index (χ0) is 17.3. The summed E-state index contributed by atoms with van der Waals surface area (Å²) in [7, 11) is 0. The Balaban J connectivity index is 2.45. The van der Waals surface area contributed by atoms with E-state index < -0.39 is 0 Å². The molecular formula is C18H27N3O2. The Labute approximate surface area is 139 Å². The fourth-order valence-corrected chi connectivity index (χ4v) is 1.93. The van der Waals surface area contributed by atoms with Crippen LogP contribution in [0.3, 0.4) is 0 Å². The third kappa shape index (κ3) is 8.22. The standard InChI is InChI=1S/C18H27N3O2/c1-14(17(22)21-18(2,3)4)20-13-15-8-7-9-16(12-15)23-11-6-5-10-19/h7-9,12,14,20H,5-6,11,13H2,1-4H3,(H,21,22). The lowest BCUT2D eigenvalue weighted by atomic mass is 10.1. The van der Waals surface area contributed by atoms with E-state index in [1.165, 1.54) is 0 Å². The molecule has 0 fully saturated rings. The number of hydrogen-bond donors (Lipinski definition) is 2. The first-order valence-electron chi connectivity index (χ1n) is 7.96. The molecule has 1 unspecified atom stereocenters. The summed E-state index contributed by atoms with van der Waals surface area (Å²) in [6.07, 6.45) is 1.23. The molecule has 0 aliphatic carbocycles. The number of carbonyl (C=O) groups is 1. The molecule has 0 aliphatic heterocycles. The molecule has 0 spiro atoms. The van der Waals surface area contributed by atoms with Crippen molar-refractivity contribution in [3.05, 3.63) is 29.8 Å². The summed E-state index contributed by atoms with van der Waals surface area (Å²) in [5, 5.41) is 14.7. The molecule has 1 aromatic carbocycles. The van der Waals surface area contributed by atoms with E-state index >= 15 is 0 Å². The molecule has 0 aromatic heterocycles. The van der Waals surface area contributed by atoms with Gasteiger partial charge in [-0.1, -0.05) is 12.1 Å². The van der Waals surface area contributed by atoms with Crippen molar-refractivity contribution in [2.45, 2.75) is 58.7 Å². The van der Waals surface area contributed by atoms with Gasteiger partial charge in [-0.15, -0.1) is 0 Å². The van der Waals surface area contributed by atoms with Gasteiger partial charge in [0.25, 0.3) is 0 Å². The number of nitrogens with zero attached hydrogens (tertiary/aromatic N) is 1. The lowest BCUT2D eigenvalue weighted by Crippen LogP contribution is -2.49. The Morgan fingerprint density at radius 2 is 2.13 bits per heavy atom. The molecule has 0 saturated heterocycles. The Hall–Kier alpha value is -2.06. The molecule has 0 bridgehead atoms. The topological polar surface area (TPSA) is 74.1 Å². The Morgan fingerprint density at radius 3 is 2.78 bits per heavy atom. The van der Waals surface area contributed by atoms with Crippen molar-refractivity contribution in [3.8, 4) is 11.8 Å². The molecule has 0 heterocycles. The number of nitrogens with one attached hydrogen (secondary N) is 2. The van der Waals surface area contributed by atoms with Crippen LogP contribution in [-0.4, -0.2) is 24.1 Å². The van der Waals surface area contributed by atoms with Crippen LogP contribution < -0.4 is 15.4 Å². The first-order valence-corrected chi connectivity index (χ1v) is 7.96. The second kappa shape index (κ2) is 9.16. The van der Waals surface area contributed by atoms with Crippen LogP contribution in [0.5, 0.6) is 5.75 Å². The zero-order valence-electron chi connectivity index (χ0n) is 14.5. The van der Waals surface area contributed by atoms with Crippen molar-refractivity contribution in [2.75, 3.05) is 6.61 Å². The van der Waals surface area contributed by atoms with Gasteiger partial charge in [0.1, 0.15) is 5.75 Å². The van der Waals surface area contributed by atoms with Crippen LogP contribution in [-0.2, 0) is 11.3 Å². The predicted octanol–water partition coefficient (Wildman–Crippen LogP) is 2.76. The summed E-state index contributed by atoms with van der Waals surface area (Å²) < 4.78 is 5.61. The average Bonchev–Trinajstić information content (AvgIpc) is 2.48. The maximum atomic E-state index is 12.0. The normalized spacial score (nSPS) is 12.3. The highest BCUT2D eigenvalue weighted by atomic mass is 16.5. The highest BCUT2D eigenvalue weighted by molar-refractivity contribution is 5.81. The summed E-state index contributed by atoms with van der Waals surface area (Å²) in [6.45, 7) is 8.87. The van der Waals surface area contributed by atoms with Gasteiger partial charge in [-0.2, -0.15) is 5.26 Å². The van der Waals surface area contributed by atoms with E-state index in [1.807, 2.05) is 52.0 Å². The molecule has 2 N–H and O–H groups in total. The number of benzene rings is 1. The third-order valence-electron chi connectivity index (χ3n) is 3.10.